The summed E-state index contributed by atoms with van der Waals surface area (Å²) in [5.41, 5.74) is 0.801. The molecule has 7 nitrogen and oxygen atoms in total. The van der Waals surface area contributed by atoms with Gasteiger partial charge in [0.05, 0.1) is 10.0 Å². The smallest absolute Gasteiger partial charge is 0.246 e. The molecule has 1 aromatic carbocycles. The van der Waals surface area contributed by atoms with E-state index in [1.54, 1.807) is 36.1 Å². The number of amides is 3. The molecule has 2 aliphatic rings. The van der Waals surface area contributed by atoms with Crippen LogP contribution in [0.2, 0.25) is 10.0 Å². The summed E-state index contributed by atoms with van der Waals surface area (Å²) in [5, 5.41) is 3.92. The summed E-state index contributed by atoms with van der Waals surface area (Å²) < 4.78 is 0. The first kappa shape index (κ1) is 26.5. The molecule has 2 heterocycles. The lowest BCUT2D eigenvalue weighted by atomic mass is 10.0. The number of carbonyl (C=O) groups excluding carboxylic acids is 3. The van der Waals surface area contributed by atoms with Gasteiger partial charge in [0.1, 0.15) is 0 Å². The molecule has 0 saturated carbocycles. The van der Waals surface area contributed by atoms with E-state index in [0.29, 0.717) is 42.1 Å². The first-order valence-corrected chi connectivity index (χ1v) is 12.8. The van der Waals surface area contributed by atoms with Crippen molar-refractivity contribution in [1.29, 1.82) is 0 Å². The van der Waals surface area contributed by atoms with Crippen LogP contribution in [-0.4, -0.2) is 84.3 Å². The van der Waals surface area contributed by atoms with Gasteiger partial charge in [-0.25, -0.2) is 0 Å². The maximum absolute atomic E-state index is 12.6. The van der Waals surface area contributed by atoms with Crippen molar-refractivity contribution in [2.24, 2.45) is 0 Å². The summed E-state index contributed by atoms with van der Waals surface area (Å²) in [4.78, 5) is 42.4. The second-order valence-electron chi connectivity index (χ2n) is 8.99. The Bertz CT molecular complexity index is 900. The van der Waals surface area contributed by atoms with Gasteiger partial charge in [-0.1, -0.05) is 29.3 Å². The molecule has 34 heavy (non-hydrogen) atoms. The number of piperidine rings is 1. The number of nitrogens with one attached hydrogen (secondary N) is 1. The Morgan fingerprint density at radius 3 is 2.47 bits per heavy atom. The summed E-state index contributed by atoms with van der Waals surface area (Å²) in [5.74, 6) is 0.0478. The molecular formula is C25H34Cl2N4O3. The predicted octanol–water partition coefficient (Wildman–Crippen LogP) is 3.45. The number of hydrogen-bond donors (Lipinski definition) is 1. The van der Waals surface area contributed by atoms with E-state index in [1.807, 2.05) is 4.90 Å². The molecule has 0 radical (unpaired) electrons. The zero-order valence-electron chi connectivity index (χ0n) is 19.8. The molecule has 1 N–H and O–H groups in total. The molecular weight excluding hydrogens is 475 g/mol. The van der Waals surface area contributed by atoms with Crippen LogP contribution < -0.4 is 5.32 Å². The van der Waals surface area contributed by atoms with Crippen LogP contribution in [0.15, 0.2) is 24.3 Å². The maximum atomic E-state index is 12.6. The van der Waals surface area contributed by atoms with Gasteiger partial charge in [0.25, 0.3) is 0 Å². The Kier molecular flexibility index (Phi) is 10.2. The number of unbranched alkanes of at least 4 members (excludes halogenated alkanes) is 1. The van der Waals surface area contributed by atoms with Gasteiger partial charge < -0.3 is 20.0 Å². The highest BCUT2D eigenvalue weighted by Gasteiger charge is 2.23. The normalized spacial score (nSPS) is 18.4. The van der Waals surface area contributed by atoms with Crippen molar-refractivity contribution >= 4 is 47.0 Å². The predicted molar refractivity (Wildman–Crippen MR) is 136 cm³/mol. The van der Waals surface area contributed by atoms with Crippen LogP contribution in [0, 0.1) is 0 Å². The minimum atomic E-state index is -0.108. The van der Waals surface area contributed by atoms with Crippen molar-refractivity contribution < 1.29 is 14.4 Å². The van der Waals surface area contributed by atoms with Crippen LogP contribution in [0.5, 0.6) is 0 Å². The SMILES string of the molecule is CC(=O)NC1CCN(CCCCN2CCN(C(=O)C=Cc3ccc(Cl)c(Cl)c3)CCC2=O)CC1. The number of halogens is 2. The number of rotatable bonds is 8. The molecule has 186 valence electrons. The van der Waals surface area contributed by atoms with E-state index in [0.717, 1.165) is 57.4 Å². The van der Waals surface area contributed by atoms with Crippen molar-refractivity contribution in [2.45, 2.75) is 45.1 Å². The number of nitrogens with zero attached hydrogens (tertiary/aromatic N) is 3. The first-order valence-electron chi connectivity index (χ1n) is 12.0. The molecule has 0 aliphatic carbocycles. The molecule has 2 saturated heterocycles. The summed E-state index contributed by atoms with van der Waals surface area (Å²) in [7, 11) is 0. The zero-order valence-corrected chi connectivity index (χ0v) is 21.3. The fraction of sp³-hybridized carbons (Fsp3) is 0.560. The van der Waals surface area contributed by atoms with Crippen LogP contribution in [-0.2, 0) is 14.4 Å². The highest BCUT2D eigenvalue weighted by atomic mass is 35.5. The minimum absolute atomic E-state index is 0.0447. The quantitative estimate of drug-likeness (QED) is 0.431. The van der Waals surface area contributed by atoms with E-state index in [-0.39, 0.29) is 17.7 Å². The number of likely N-dealkylation sites (tertiary alicyclic amines) is 1. The van der Waals surface area contributed by atoms with Gasteiger partial charge >= 0.3 is 0 Å². The second-order valence-corrected chi connectivity index (χ2v) is 9.80. The van der Waals surface area contributed by atoms with Crippen LogP contribution in [0.25, 0.3) is 6.08 Å². The number of carbonyl (C=O) groups is 3. The third-order valence-corrected chi connectivity index (χ3v) is 7.15. The lowest BCUT2D eigenvalue weighted by Crippen LogP contribution is -2.44. The van der Waals surface area contributed by atoms with E-state index in [1.165, 1.54) is 6.08 Å². The summed E-state index contributed by atoms with van der Waals surface area (Å²) in [6.45, 7) is 6.84. The fourth-order valence-electron chi connectivity index (χ4n) is 4.44. The summed E-state index contributed by atoms with van der Waals surface area (Å²) >= 11 is 12.0. The van der Waals surface area contributed by atoms with E-state index in [4.69, 9.17) is 23.2 Å². The first-order chi connectivity index (χ1) is 16.3. The third-order valence-electron chi connectivity index (χ3n) is 6.41. The Balaban J connectivity index is 1.37. The monoisotopic (exact) mass is 508 g/mol. The van der Waals surface area contributed by atoms with Gasteiger partial charge in [-0.3, -0.25) is 14.4 Å². The molecule has 9 heteroatoms. The van der Waals surface area contributed by atoms with Gasteiger partial charge in [0.15, 0.2) is 0 Å². The van der Waals surface area contributed by atoms with Crippen LogP contribution >= 0.6 is 23.2 Å². The second kappa shape index (κ2) is 13.1. The fourth-order valence-corrected chi connectivity index (χ4v) is 4.75. The van der Waals surface area contributed by atoms with E-state index < -0.39 is 0 Å². The highest BCUT2D eigenvalue weighted by Crippen LogP contribution is 2.23. The average Bonchev–Trinajstić information content (AvgIpc) is 2.99. The number of benzene rings is 1. The minimum Gasteiger partial charge on any atom is -0.354 e. The lowest BCUT2D eigenvalue weighted by molar-refractivity contribution is -0.130. The molecule has 0 atom stereocenters. The van der Waals surface area contributed by atoms with Crippen molar-refractivity contribution in [3.8, 4) is 0 Å². The van der Waals surface area contributed by atoms with E-state index >= 15 is 0 Å². The maximum Gasteiger partial charge on any atom is 0.246 e. The molecule has 0 aromatic heterocycles. The number of hydrogen-bond acceptors (Lipinski definition) is 4. The summed E-state index contributed by atoms with van der Waals surface area (Å²) in [6.07, 6.45) is 7.55. The Morgan fingerprint density at radius 2 is 1.76 bits per heavy atom. The zero-order chi connectivity index (χ0) is 24.5. The van der Waals surface area contributed by atoms with Crippen molar-refractivity contribution in [3.05, 3.63) is 39.9 Å². The Hall–Kier alpha value is -2.09. The van der Waals surface area contributed by atoms with E-state index in [9.17, 15) is 14.4 Å². The Morgan fingerprint density at radius 1 is 1.03 bits per heavy atom. The van der Waals surface area contributed by atoms with E-state index in [2.05, 4.69) is 10.2 Å². The molecule has 0 spiro atoms. The molecule has 0 unspecified atom stereocenters. The molecule has 0 bridgehead atoms. The van der Waals surface area contributed by atoms with Gasteiger partial charge in [-0.15, -0.1) is 0 Å². The van der Waals surface area contributed by atoms with Crippen LogP contribution in [0.4, 0.5) is 0 Å². The topological polar surface area (TPSA) is 73.0 Å². The lowest BCUT2D eigenvalue weighted by Gasteiger charge is -2.32. The van der Waals surface area contributed by atoms with Crippen molar-refractivity contribution in [1.82, 2.24) is 20.0 Å². The van der Waals surface area contributed by atoms with Gasteiger partial charge in [-0.2, -0.15) is 0 Å². The summed E-state index contributed by atoms with van der Waals surface area (Å²) in [6, 6.07) is 5.52. The largest absolute Gasteiger partial charge is 0.354 e. The highest BCUT2D eigenvalue weighted by molar-refractivity contribution is 6.42. The Labute approximate surface area is 212 Å². The van der Waals surface area contributed by atoms with Crippen LogP contribution in [0.3, 0.4) is 0 Å². The van der Waals surface area contributed by atoms with Crippen LogP contribution in [0.1, 0.15) is 44.6 Å². The van der Waals surface area contributed by atoms with Gasteiger partial charge in [0.2, 0.25) is 17.7 Å². The van der Waals surface area contributed by atoms with Crippen molar-refractivity contribution in [3.63, 3.8) is 0 Å². The van der Waals surface area contributed by atoms with Gasteiger partial charge in [0, 0.05) is 64.7 Å². The molecule has 3 rings (SSSR count). The van der Waals surface area contributed by atoms with Crippen molar-refractivity contribution in [2.75, 3.05) is 45.8 Å². The molecule has 2 fully saturated rings. The molecule has 2 aliphatic heterocycles. The average molecular weight is 509 g/mol. The molecule has 1 aromatic rings. The third kappa shape index (κ3) is 8.29. The van der Waals surface area contributed by atoms with Gasteiger partial charge in [-0.05, 0) is 56.0 Å². The standard InChI is InChI=1S/C25H34Cl2N4O3/c1-19(32)28-21-8-13-29(14-9-21)11-2-3-12-30-16-17-31(15-10-25(30)34)24(33)7-5-20-4-6-22(26)23(27)18-20/h4-7,18,21H,2-3,8-17H2,1H3,(H,28,32). The molecule has 3 amide bonds.